The molecule has 0 aliphatic rings. The average molecular weight is 343 g/mol. The van der Waals surface area contributed by atoms with E-state index in [1.54, 1.807) is 0 Å². The lowest BCUT2D eigenvalue weighted by molar-refractivity contribution is 0.509. The smallest absolute Gasteiger partial charge is 0.247 e. The molecule has 0 spiro atoms. The first-order valence-corrected chi connectivity index (χ1v) is 8.15. The zero-order chi connectivity index (χ0) is 17.3. The van der Waals surface area contributed by atoms with E-state index in [9.17, 15) is 0 Å². The van der Waals surface area contributed by atoms with Crippen LogP contribution >= 0.6 is 11.8 Å². The minimum absolute atomic E-state index is 0.0820. The lowest BCUT2D eigenvalue weighted by atomic mass is 10.1. The van der Waals surface area contributed by atoms with Crippen LogP contribution in [-0.4, -0.2) is 25.1 Å². The van der Waals surface area contributed by atoms with Crippen molar-refractivity contribution in [3.8, 4) is 11.5 Å². The quantitative estimate of drug-likeness (QED) is 0.686. The molecule has 0 bridgehead atoms. The molecule has 1 aromatic carbocycles. The van der Waals surface area contributed by atoms with Gasteiger partial charge in [-0.3, -0.25) is 0 Å². The molecule has 1 atom stereocenters. The molecule has 0 fully saturated rings. The number of aromatic nitrogens is 5. The Hall–Kier alpha value is -2.68. The molecule has 4 N–H and O–H groups in total. The Morgan fingerprint density at radius 3 is 2.38 bits per heavy atom. The van der Waals surface area contributed by atoms with E-state index in [1.807, 2.05) is 32.0 Å². The van der Waals surface area contributed by atoms with Gasteiger partial charge in [-0.2, -0.15) is 15.0 Å². The van der Waals surface area contributed by atoms with Crippen LogP contribution in [0, 0.1) is 13.8 Å². The van der Waals surface area contributed by atoms with Crippen LogP contribution < -0.4 is 11.5 Å². The molecule has 124 valence electrons. The number of hydrogen-bond donors (Lipinski definition) is 2. The van der Waals surface area contributed by atoms with Crippen LogP contribution in [0.25, 0.3) is 11.5 Å². The highest BCUT2D eigenvalue weighted by Crippen LogP contribution is 2.33. The van der Waals surface area contributed by atoms with E-state index in [0.29, 0.717) is 16.9 Å². The third-order valence-electron chi connectivity index (χ3n) is 3.47. The largest absolute Gasteiger partial charge is 0.419 e. The van der Waals surface area contributed by atoms with E-state index < -0.39 is 0 Å². The molecule has 0 aliphatic heterocycles. The third-order valence-corrected chi connectivity index (χ3v) is 4.42. The Morgan fingerprint density at radius 2 is 1.71 bits per heavy atom. The minimum atomic E-state index is -0.154. The number of nitrogens with two attached hydrogens (primary N) is 2. The molecule has 9 heteroatoms. The zero-order valence-corrected chi connectivity index (χ0v) is 14.3. The highest BCUT2D eigenvalue weighted by atomic mass is 32.2. The normalized spacial score (nSPS) is 12.3. The van der Waals surface area contributed by atoms with Crippen molar-refractivity contribution in [2.75, 3.05) is 11.5 Å². The highest BCUT2D eigenvalue weighted by molar-refractivity contribution is 7.99. The van der Waals surface area contributed by atoms with Gasteiger partial charge in [0.2, 0.25) is 23.7 Å². The molecule has 2 heterocycles. The summed E-state index contributed by atoms with van der Waals surface area (Å²) >= 11 is 1.32. The van der Waals surface area contributed by atoms with E-state index in [-0.39, 0.29) is 17.1 Å². The second kappa shape index (κ2) is 6.44. The molecule has 3 aromatic rings. The van der Waals surface area contributed by atoms with Gasteiger partial charge in [-0.05, 0) is 44.0 Å². The van der Waals surface area contributed by atoms with Gasteiger partial charge in [-0.15, -0.1) is 10.2 Å². The molecule has 0 saturated carbocycles. The van der Waals surface area contributed by atoms with E-state index in [2.05, 4.69) is 32.1 Å². The van der Waals surface area contributed by atoms with Crippen molar-refractivity contribution >= 4 is 23.7 Å². The monoisotopic (exact) mass is 343 g/mol. The van der Waals surface area contributed by atoms with E-state index in [0.717, 1.165) is 5.56 Å². The van der Waals surface area contributed by atoms with Crippen molar-refractivity contribution in [3.63, 3.8) is 0 Å². The van der Waals surface area contributed by atoms with Crippen molar-refractivity contribution < 1.29 is 4.42 Å². The van der Waals surface area contributed by atoms with Gasteiger partial charge in [-0.1, -0.05) is 17.8 Å². The summed E-state index contributed by atoms with van der Waals surface area (Å²) in [4.78, 5) is 11.8. The number of nitrogen functional groups attached to an aromatic ring is 2. The molecular weight excluding hydrogens is 326 g/mol. The van der Waals surface area contributed by atoms with Gasteiger partial charge in [0.15, 0.2) is 5.16 Å². The number of thioether (sulfide) groups is 1. The summed E-state index contributed by atoms with van der Waals surface area (Å²) in [5, 5.41) is 8.50. The van der Waals surface area contributed by atoms with Crippen LogP contribution in [0.1, 0.15) is 29.2 Å². The van der Waals surface area contributed by atoms with Gasteiger partial charge >= 0.3 is 0 Å². The van der Waals surface area contributed by atoms with Crippen LogP contribution in [0.2, 0.25) is 0 Å². The molecule has 2 aromatic heterocycles. The van der Waals surface area contributed by atoms with Crippen molar-refractivity contribution in [2.24, 2.45) is 0 Å². The summed E-state index contributed by atoms with van der Waals surface area (Å²) in [6.07, 6.45) is 0. The van der Waals surface area contributed by atoms with Crippen LogP contribution in [0.3, 0.4) is 0 Å². The molecule has 0 radical (unpaired) electrons. The molecule has 3 rings (SSSR count). The maximum atomic E-state index is 5.78. The van der Waals surface area contributed by atoms with Gasteiger partial charge < -0.3 is 15.9 Å². The fourth-order valence-corrected chi connectivity index (χ4v) is 2.84. The predicted octanol–water partition coefficient (Wildman–Crippen LogP) is 2.56. The maximum Gasteiger partial charge on any atom is 0.247 e. The second-order valence-electron chi connectivity index (χ2n) is 5.34. The minimum Gasteiger partial charge on any atom is -0.419 e. The molecule has 0 amide bonds. The highest BCUT2D eigenvalue weighted by Gasteiger charge is 2.18. The fraction of sp³-hybridized carbons (Fsp3) is 0.267. The molecule has 8 nitrogen and oxygen atoms in total. The maximum absolute atomic E-state index is 5.78. The molecule has 0 saturated heterocycles. The molecule has 1 unspecified atom stereocenters. The molecule has 0 aliphatic carbocycles. The molecule has 24 heavy (non-hydrogen) atoms. The first-order valence-electron chi connectivity index (χ1n) is 7.27. The van der Waals surface area contributed by atoms with Gasteiger partial charge in [0, 0.05) is 5.56 Å². The van der Waals surface area contributed by atoms with Crippen LogP contribution in [-0.2, 0) is 0 Å². The Kier molecular flexibility index (Phi) is 4.34. The van der Waals surface area contributed by atoms with E-state index >= 15 is 0 Å². The van der Waals surface area contributed by atoms with Crippen molar-refractivity contribution in [2.45, 2.75) is 31.2 Å². The van der Waals surface area contributed by atoms with Crippen LogP contribution in [0.5, 0.6) is 0 Å². The van der Waals surface area contributed by atoms with Crippen LogP contribution in [0.4, 0.5) is 11.9 Å². The fourth-order valence-electron chi connectivity index (χ4n) is 2.04. The number of nitrogens with zero attached hydrogens (tertiary/aromatic N) is 5. The number of anilines is 2. The lowest BCUT2D eigenvalue weighted by Crippen LogP contribution is -2.04. The number of aryl methyl sites for hydroxylation is 2. The zero-order valence-electron chi connectivity index (χ0n) is 13.5. The topological polar surface area (TPSA) is 130 Å². The number of hydrogen-bond acceptors (Lipinski definition) is 9. The third kappa shape index (κ3) is 3.46. The Morgan fingerprint density at radius 1 is 1.00 bits per heavy atom. The Labute approximate surface area is 143 Å². The number of benzene rings is 1. The summed E-state index contributed by atoms with van der Waals surface area (Å²) in [5.74, 6) is 1.12. The molecular formula is C15H17N7OS. The van der Waals surface area contributed by atoms with Gasteiger partial charge in [0.1, 0.15) is 0 Å². The standard InChI is InChI=1S/C15H17N7OS/c1-7-4-5-10(6-8(7)2)12-22-21-11(23-12)9(3)24-15-19-13(16)18-14(17)20-15/h4-6,9H,1-3H3,(H4,16,17,18,19,20). The first-order chi connectivity index (χ1) is 11.4. The Balaban J connectivity index is 1.80. The second-order valence-corrected chi connectivity index (χ2v) is 6.65. The van der Waals surface area contributed by atoms with Crippen molar-refractivity contribution in [1.29, 1.82) is 0 Å². The van der Waals surface area contributed by atoms with E-state index in [4.69, 9.17) is 15.9 Å². The van der Waals surface area contributed by atoms with Gasteiger partial charge in [0.25, 0.3) is 0 Å². The van der Waals surface area contributed by atoms with Crippen molar-refractivity contribution in [3.05, 3.63) is 35.2 Å². The summed E-state index contributed by atoms with van der Waals surface area (Å²) < 4.78 is 5.78. The summed E-state index contributed by atoms with van der Waals surface area (Å²) in [6, 6.07) is 6.02. The van der Waals surface area contributed by atoms with Crippen LogP contribution in [0.15, 0.2) is 27.8 Å². The SMILES string of the molecule is Cc1ccc(-c2nnc(C(C)Sc3nc(N)nc(N)n3)o2)cc1C. The Bertz CT molecular complexity index is 860. The van der Waals surface area contributed by atoms with Gasteiger partial charge in [-0.25, -0.2) is 0 Å². The first kappa shape index (κ1) is 16.2. The average Bonchev–Trinajstić information content (AvgIpc) is 2.99. The predicted molar refractivity (Wildman–Crippen MR) is 92.1 cm³/mol. The summed E-state index contributed by atoms with van der Waals surface area (Å²) in [6.45, 7) is 6.02. The van der Waals surface area contributed by atoms with Crippen molar-refractivity contribution in [1.82, 2.24) is 25.1 Å². The summed E-state index contributed by atoms with van der Waals surface area (Å²) in [5.41, 5.74) is 14.4. The summed E-state index contributed by atoms with van der Waals surface area (Å²) in [7, 11) is 0. The lowest BCUT2D eigenvalue weighted by Gasteiger charge is -2.06. The van der Waals surface area contributed by atoms with Gasteiger partial charge in [0.05, 0.1) is 5.25 Å². The number of rotatable bonds is 4. The van der Waals surface area contributed by atoms with E-state index in [1.165, 1.54) is 22.9 Å².